The largest absolute Gasteiger partial charge is 0.383 e. The van der Waals surface area contributed by atoms with E-state index >= 15 is 0 Å². The molecular weight excluding hydrogens is 546 g/mol. The number of methoxy groups -OCH3 is 2. The number of amides is 4. The number of nitrogens with zero attached hydrogens (tertiary/aromatic N) is 2. The number of rotatable bonds is 12. The van der Waals surface area contributed by atoms with E-state index in [4.69, 9.17) is 9.47 Å². The van der Waals surface area contributed by atoms with Gasteiger partial charge in [0, 0.05) is 57.9 Å². The summed E-state index contributed by atoms with van der Waals surface area (Å²) in [7, 11) is 0.552. The Balaban J connectivity index is 1.85. The highest BCUT2D eigenvalue weighted by molar-refractivity contribution is 7.89. The number of benzene rings is 1. The first kappa shape index (κ1) is 30.7. The maximum atomic E-state index is 13.2. The van der Waals surface area contributed by atoms with Crippen LogP contribution in [0.2, 0.25) is 0 Å². The van der Waals surface area contributed by atoms with E-state index in [-0.39, 0.29) is 42.3 Å². The van der Waals surface area contributed by atoms with E-state index in [1.165, 1.54) is 61.2 Å². The van der Waals surface area contributed by atoms with Crippen LogP contribution in [0.5, 0.6) is 0 Å². The molecule has 0 fully saturated rings. The second-order valence-electron chi connectivity index (χ2n) is 8.73. The molecule has 14 heteroatoms. The number of anilines is 1. The fraction of sp³-hybridized carbons (Fsp3) is 0.480. The Morgan fingerprint density at radius 2 is 1.69 bits per heavy atom. The minimum Gasteiger partial charge on any atom is -0.383 e. The highest BCUT2D eigenvalue weighted by atomic mass is 32.2. The Morgan fingerprint density at radius 3 is 2.26 bits per heavy atom. The lowest BCUT2D eigenvalue weighted by Crippen LogP contribution is -2.38. The van der Waals surface area contributed by atoms with E-state index in [0.717, 1.165) is 23.5 Å². The molecule has 0 saturated heterocycles. The van der Waals surface area contributed by atoms with E-state index < -0.39 is 27.9 Å². The average Bonchev–Trinajstić information content (AvgIpc) is 3.29. The predicted octanol–water partition coefficient (Wildman–Crippen LogP) is 1.73. The lowest BCUT2D eigenvalue weighted by Gasteiger charge is -2.25. The van der Waals surface area contributed by atoms with Gasteiger partial charge < -0.3 is 20.1 Å². The van der Waals surface area contributed by atoms with Crippen LogP contribution in [0, 0.1) is 0 Å². The molecule has 1 aliphatic rings. The second-order valence-corrected chi connectivity index (χ2v) is 11.8. The molecule has 3 N–H and O–H groups in total. The number of nitrogens with one attached hydrogen (secondary N) is 3. The van der Waals surface area contributed by atoms with Crippen molar-refractivity contribution < 1.29 is 32.3 Å². The number of thiophene rings is 1. The van der Waals surface area contributed by atoms with Crippen LogP contribution in [-0.2, 0) is 32.5 Å². The summed E-state index contributed by atoms with van der Waals surface area (Å²) in [5.41, 5.74) is 1.30. The molecule has 0 unspecified atom stereocenters. The molecule has 12 nitrogen and oxygen atoms in total. The van der Waals surface area contributed by atoms with Crippen molar-refractivity contribution in [2.45, 2.75) is 24.8 Å². The van der Waals surface area contributed by atoms with Crippen LogP contribution in [0.4, 0.5) is 9.80 Å². The van der Waals surface area contributed by atoms with Gasteiger partial charge in [0.2, 0.25) is 10.0 Å². The number of carbonyl (C=O) groups excluding carboxylic acids is 3. The number of sulfonamides is 1. The van der Waals surface area contributed by atoms with Crippen LogP contribution >= 0.6 is 11.3 Å². The average molecular weight is 582 g/mol. The molecule has 4 amide bonds. The smallest absolute Gasteiger partial charge is 0.321 e. The summed E-state index contributed by atoms with van der Waals surface area (Å²) in [6.07, 6.45) is 0.612. The van der Waals surface area contributed by atoms with Crippen LogP contribution in [0.1, 0.15) is 38.1 Å². The zero-order valence-corrected chi connectivity index (χ0v) is 24.2. The molecule has 0 saturated carbocycles. The number of likely N-dealkylation sites (N-methyl/N-ethyl adjacent to an activating group) is 1. The number of imide groups is 1. The molecule has 0 spiro atoms. The summed E-state index contributed by atoms with van der Waals surface area (Å²) in [4.78, 5) is 41.2. The van der Waals surface area contributed by atoms with Crippen molar-refractivity contribution in [3.8, 4) is 0 Å². The molecule has 39 heavy (non-hydrogen) atoms. The van der Waals surface area contributed by atoms with Gasteiger partial charge in [-0.2, -0.15) is 4.31 Å². The second kappa shape index (κ2) is 14.0. The van der Waals surface area contributed by atoms with Gasteiger partial charge in [-0.3, -0.25) is 19.8 Å². The van der Waals surface area contributed by atoms with Crippen molar-refractivity contribution in [3.63, 3.8) is 0 Å². The molecule has 1 aromatic heterocycles. The van der Waals surface area contributed by atoms with Crippen molar-refractivity contribution in [2.24, 2.45) is 0 Å². The van der Waals surface area contributed by atoms with Gasteiger partial charge in [-0.25, -0.2) is 13.2 Å². The molecule has 0 atom stereocenters. The van der Waals surface area contributed by atoms with Gasteiger partial charge in [0.15, 0.2) is 0 Å². The third-order valence-electron chi connectivity index (χ3n) is 6.34. The van der Waals surface area contributed by atoms with Crippen LogP contribution in [-0.4, -0.2) is 96.1 Å². The first-order valence-electron chi connectivity index (χ1n) is 12.5. The molecule has 1 aliphatic heterocycles. The minimum absolute atomic E-state index is 0.0307. The fourth-order valence-electron chi connectivity index (χ4n) is 4.12. The van der Waals surface area contributed by atoms with Crippen LogP contribution in [0.25, 0.3) is 0 Å². The summed E-state index contributed by atoms with van der Waals surface area (Å²) < 4.78 is 37.6. The minimum atomic E-state index is -3.84. The van der Waals surface area contributed by atoms with E-state index in [1.54, 1.807) is 0 Å². The third-order valence-corrected chi connectivity index (χ3v) is 9.38. The highest BCUT2D eigenvalue weighted by Gasteiger charge is 2.30. The number of ether oxygens (including phenoxy) is 2. The summed E-state index contributed by atoms with van der Waals surface area (Å²) in [6, 6.07) is 4.93. The lowest BCUT2D eigenvalue weighted by molar-refractivity contribution is 0.0964. The molecule has 1 aromatic carbocycles. The van der Waals surface area contributed by atoms with Crippen molar-refractivity contribution >= 4 is 44.2 Å². The number of fused-ring (bicyclic) bond motifs is 1. The van der Waals surface area contributed by atoms with Crippen molar-refractivity contribution in [1.82, 2.24) is 19.8 Å². The van der Waals surface area contributed by atoms with E-state index in [9.17, 15) is 22.8 Å². The third kappa shape index (κ3) is 7.41. The normalized spacial score (nSPS) is 13.7. The maximum absolute atomic E-state index is 13.2. The Kier molecular flexibility index (Phi) is 11.0. The quantitative estimate of drug-likeness (QED) is 0.344. The van der Waals surface area contributed by atoms with Crippen LogP contribution < -0.4 is 16.0 Å². The molecule has 0 aliphatic carbocycles. The summed E-state index contributed by atoms with van der Waals surface area (Å²) >= 11 is 1.30. The van der Waals surface area contributed by atoms with Gasteiger partial charge in [-0.1, -0.05) is 6.92 Å². The maximum Gasteiger partial charge on any atom is 0.321 e. The molecule has 214 valence electrons. The van der Waals surface area contributed by atoms with Gasteiger partial charge in [-0.15, -0.1) is 11.3 Å². The number of urea groups is 1. The Morgan fingerprint density at radius 1 is 1.05 bits per heavy atom. The SMILES string of the molecule is CCN1CCc2c(sc(NC(=O)c3ccc(S(=O)(=O)N(CCOC)CCOC)cc3)c2C(=O)NC(=O)NC)C1. The van der Waals surface area contributed by atoms with E-state index in [0.29, 0.717) is 18.0 Å². The topological polar surface area (TPSA) is 146 Å². The van der Waals surface area contributed by atoms with Gasteiger partial charge in [0.05, 0.1) is 23.7 Å². The summed E-state index contributed by atoms with van der Waals surface area (Å²) in [5.74, 6) is -1.10. The van der Waals surface area contributed by atoms with Gasteiger partial charge >= 0.3 is 6.03 Å². The fourth-order valence-corrected chi connectivity index (χ4v) is 6.81. The van der Waals surface area contributed by atoms with E-state index in [1.807, 2.05) is 0 Å². The molecular formula is C25H35N5O7S2. The van der Waals surface area contributed by atoms with Crippen LogP contribution in [0.3, 0.4) is 0 Å². The molecule has 0 bridgehead atoms. The van der Waals surface area contributed by atoms with Crippen molar-refractivity contribution in [3.05, 3.63) is 45.8 Å². The molecule has 3 rings (SSSR count). The Hall–Kier alpha value is -2.88. The predicted molar refractivity (Wildman–Crippen MR) is 148 cm³/mol. The number of hydrogen-bond donors (Lipinski definition) is 3. The molecule has 0 radical (unpaired) electrons. The summed E-state index contributed by atoms with van der Waals surface area (Å²) in [5, 5.41) is 7.79. The van der Waals surface area contributed by atoms with Crippen molar-refractivity contribution in [1.29, 1.82) is 0 Å². The zero-order valence-electron chi connectivity index (χ0n) is 22.5. The van der Waals surface area contributed by atoms with Crippen LogP contribution in [0.15, 0.2) is 29.2 Å². The van der Waals surface area contributed by atoms with E-state index in [2.05, 4.69) is 27.8 Å². The monoisotopic (exact) mass is 581 g/mol. The van der Waals surface area contributed by atoms with Gasteiger partial charge in [0.1, 0.15) is 5.00 Å². The molecule has 2 aromatic rings. The van der Waals surface area contributed by atoms with Gasteiger partial charge in [-0.05, 0) is 42.8 Å². The first-order valence-corrected chi connectivity index (χ1v) is 14.7. The lowest BCUT2D eigenvalue weighted by atomic mass is 10.0. The Bertz CT molecular complexity index is 1270. The number of carbonyl (C=O) groups is 3. The first-order chi connectivity index (χ1) is 18.7. The summed E-state index contributed by atoms with van der Waals surface area (Å²) in [6.45, 7) is 5.06. The highest BCUT2D eigenvalue weighted by Crippen LogP contribution is 2.37. The van der Waals surface area contributed by atoms with Crippen molar-refractivity contribution in [2.75, 3.05) is 66.0 Å². The zero-order chi connectivity index (χ0) is 28.6. The molecule has 2 heterocycles. The van der Waals surface area contributed by atoms with Gasteiger partial charge in [0.25, 0.3) is 11.8 Å². The number of hydrogen-bond acceptors (Lipinski definition) is 9. The Labute approximate surface area is 232 Å². The standard InChI is InChI=1S/C25H35N5O7S2/c1-5-29-11-10-19-20(16-29)38-24(21(19)23(32)28-25(33)26-2)27-22(31)17-6-8-18(9-7-17)39(34,35)30(12-14-36-3)13-15-37-4/h6-9H,5,10-16H2,1-4H3,(H,27,31)(H2,26,28,32,33).